The predicted molar refractivity (Wildman–Crippen MR) is 74.3 cm³/mol. The van der Waals surface area contributed by atoms with Gasteiger partial charge in [-0.15, -0.1) is 0 Å². The van der Waals surface area contributed by atoms with Crippen molar-refractivity contribution < 1.29 is 9.66 Å². The number of thiol groups is 1. The van der Waals surface area contributed by atoms with Gasteiger partial charge < -0.3 is 10.5 Å². The smallest absolute Gasteiger partial charge is 0.269 e. The standard InChI is InChI=1S/C12H18N2O3S/c13-10(9-18)3-1-2-8-17-12-6-4-11(5-7-12)14(15)16/h4-7,10,18H,1-3,8-9,13H2/t10-/m1/s1. The zero-order valence-corrected chi connectivity index (χ0v) is 11.0. The van der Waals surface area contributed by atoms with Crippen LogP contribution >= 0.6 is 12.6 Å². The minimum atomic E-state index is -0.428. The van der Waals surface area contributed by atoms with Gasteiger partial charge in [-0.1, -0.05) is 0 Å². The van der Waals surface area contributed by atoms with E-state index in [1.54, 1.807) is 12.1 Å². The van der Waals surface area contributed by atoms with E-state index in [9.17, 15) is 10.1 Å². The van der Waals surface area contributed by atoms with Gasteiger partial charge in [-0.05, 0) is 31.4 Å². The second-order valence-corrected chi connectivity index (χ2v) is 4.40. The summed E-state index contributed by atoms with van der Waals surface area (Å²) in [5, 5.41) is 10.5. The molecule has 0 heterocycles. The highest BCUT2D eigenvalue weighted by Gasteiger charge is 2.04. The zero-order valence-electron chi connectivity index (χ0n) is 10.1. The van der Waals surface area contributed by atoms with Crippen molar-refractivity contribution in [2.24, 2.45) is 5.73 Å². The number of nitrogens with two attached hydrogens (primary N) is 1. The molecule has 0 aromatic heterocycles. The van der Waals surface area contributed by atoms with Crippen LogP contribution in [0.3, 0.4) is 0 Å². The van der Waals surface area contributed by atoms with Crippen molar-refractivity contribution in [2.45, 2.75) is 25.3 Å². The monoisotopic (exact) mass is 270 g/mol. The van der Waals surface area contributed by atoms with Crippen LogP contribution in [0.5, 0.6) is 5.75 Å². The van der Waals surface area contributed by atoms with E-state index in [-0.39, 0.29) is 11.7 Å². The highest BCUT2D eigenvalue weighted by molar-refractivity contribution is 7.80. The van der Waals surface area contributed by atoms with Gasteiger partial charge in [-0.2, -0.15) is 12.6 Å². The molecule has 0 saturated carbocycles. The fourth-order valence-corrected chi connectivity index (χ4v) is 1.64. The van der Waals surface area contributed by atoms with Crippen LogP contribution in [0.25, 0.3) is 0 Å². The van der Waals surface area contributed by atoms with Crippen molar-refractivity contribution >= 4 is 18.3 Å². The highest BCUT2D eigenvalue weighted by atomic mass is 32.1. The van der Waals surface area contributed by atoms with Crippen LogP contribution in [-0.2, 0) is 0 Å². The van der Waals surface area contributed by atoms with Crippen molar-refractivity contribution in [3.8, 4) is 5.75 Å². The Morgan fingerprint density at radius 2 is 2.00 bits per heavy atom. The van der Waals surface area contributed by atoms with Crippen LogP contribution in [-0.4, -0.2) is 23.3 Å². The first-order valence-electron chi connectivity index (χ1n) is 5.87. The number of unbranched alkanes of at least 4 members (excludes halogenated alkanes) is 1. The second kappa shape index (κ2) is 7.94. The van der Waals surface area contributed by atoms with Gasteiger partial charge in [0.15, 0.2) is 0 Å². The van der Waals surface area contributed by atoms with E-state index < -0.39 is 4.92 Å². The van der Waals surface area contributed by atoms with E-state index in [0.29, 0.717) is 18.1 Å². The number of rotatable bonds is 8. The zero-order chi connectivity index (χ0) is 13.4. The van der Waals surface area contributed by atoms with Crippen LogP contribution in [0.2, 0.25) is 0 Å². The molecule has 18 heavy (non-hydrogen) atoms. The topological polar surface area (TPSA) is 78.4 Å². The summed E-state index contributed by atoms with van der Waals surface area (Å²) < 4.78 is 5.47. The molecule has 1 atom stereocenters. The molecule has 0 bridgehead atoms. The Kier molecular flexibility index (Phi) is 6.53. The maximum absolute atomic E-state index is 10.5. The lowest BCUT2D eigenvalue weighted by Gasteiger charge is -2.08. The molecule has 1 aromatic carbocycles. The Morgan fingerprint density at radius 1 is 1.33 bits per heavy atom. The normalized spacial score (nSPS) is 12.1. The van der Waals surface area contributed by atoms with Crippen LogP contribution < -0.4 is 10.5 Å². The average Bonchev–Trinajstić information content (AvgIpc) is 2.38. The lowest BCUT2D eigenvalue weighted by molar-refractivity contribution is -0.384. The third-order valence-corrected chi connectivity index (χ3v) is 2.99. The van der Waals surface area contributed by atoms with E-state index in [2.05, 4.69) is 12.6 Å². The molecule has 6 heteroatoms. The summed E-state index contributed by atoms with van der Waals surface area (Å²) in [5.74, 6) is 1.35. The molecule has 1 aromatic rings. The van der Waals surface area contributed by atoms with Crippen molar-refractivity contribution in [1.82, 2.24) is 0 Å². The first-order chi connectivity index (χ1) is 8.63. The van der Waals surface area contributed by atoms with Gasteiger partial charge in [0.25, 0.3) is 5.69 Å². The van der Waals surface area contributed by atoms with Crippen LogP contribution in [0, 0.1) is 10.1 Å². The summed E-state index contributed by atoms with van der Waals surface area (Å²) in [6, 6.07) is 6.24. The highest BCUT2D eigenvalue weighted by Crippen LogP contribution is 2.17. The maximum Gasteiger partial charge on any atom is 0.269 e. The fourth-order valence-electron chi connectivity index (χ4n) is 1.45. The number of hydrogen-bond donors (Lipinski definition) is 2. The first-order valence-corrected chi connectivity index (χ1v) is 6.50. The summed E-state index contributed by atoms with van der Waals surface area (Å²) in [5.41, 5.74) is 5.80. The molecule has 2 N–H and O–H groups in total. The van der Waals surface area contributed by atoms with Crippen molar-refractivity contribution in [1.29, 1.82) is 0 Å². The molecule has 0 fully saturated rings. The first kappa shape index (κ1) is 14.8. The Hall–Kier alpha value is -1.27. The van der Waals surface area contributed by atoms with Gasteiger partial charge in [0.05, 0.1) is 11.5 Å². The number of ether oxygens (including phenoxy) is 1. The molecule has 0 spiro atoms. The fraction of sp³-hybridized carbons (Fsp3) is 0.500. The Bertz CT molecular complexity index is 370. The van der Waals surface area contributed by atoms with Crippen molar-refractivity contribution in [3.05, 3.63) is 34.4 Å². The van der Waals surface area contributed by atoms with Crippen molar-refractivity contribution in [2.75, 3.05) is 12.4 Å². The number of nitro groups is 1. The quantitative estimate of drug-likeness (QED) is 0.329. The van der Waals surface area contributed by atoms with Gasteiger partial charge in [-0.25, -0.2) is 0 Å². The molecule has 0 aliphatic rings. The van der Waals surface area contributed by atoms with E-state index in [0.717, 1.165) is 19.3 Å². The number of nitrogens with zero attached hydrogens (tertiary/aromatic N) is 1. The van der Waals surface area contributed by atoms with Gasteiger partial charge in [0.1, 0.15) is 5.75 Å². The Balaban J connectivity index is 2.21. The molecule has 0 unspecified atom stereocenters. The third kappa shape index (κ3) is 5.37. The second-order valence-electron chi connectivity index (χ2n) is 4.04. The molecule has 0 aliphatic carbocycles. The van der Waals surface area contributed by atoms with E-state index in [1.807, 2.05) is 0 Å². The number of hydrogen-bond acceptors (Lipinski definition) is 5. The van der Waals surface area contributed by atoms with Gasteiger partial charge >= 0.3 is 0 Å². The van der Waals surface area contributed by atoms with E-state index in [4.69, 9.17) is 10.5 Å². The largest absolute Gasteiger partial charge is 0.494 e. The molecule has 0 aliphatic heterocycles. The maximum atomic E-state index is 10.5. The van der Waals surface area contributed by atoms with Crippen LogP contribution in [0.1, 0.15) is 19.3 Å². The molecule has 0 saturated heterocycles. The number of non-ortho nitro benzene ring substituents is 1. The molecule has 1 rings (SSSR count). The number of benzene rings is 1. The lowest BCUT2D eigenvalue weighted by atomic mass is 10.1. The molecule has 5 nitrogen and oxygen atoms in total. The minimum absolute atomic E-state index is 0.0714. The van der Waals surface area contributed by atoms with Gasteiger partial charge in [0, 0.05) is 23.9 Å². The van der Waals surface area contributed by atoms with E-state index >= 15 is 0 Å². The molecular formula is C12H18N2O3S. The number of nitro benzene ring substituents is 1. The summed E-state index contributed by atoms with van der Waals surface area (Å²) >= 11 is 4.11. The van der Waals surface area contributed by atoms with E-state index in [1.165, 1.54) is 12.1 Å². The average molecular weight is 270 g/mol. The van der Waals surface area contributed by atoms with Gasteiger partial charge in [-0.3, -0.25) is 10.1 Å². The van der Waals surface area contributed by atoms with Gasteiger partial charge in [0.2, 0.25) is 0 Å². The van der Waals surface area contributed by atoms with Crippen LogP contribution in [0.4, 0.5) is 5.69 Å². The molecule has 0 amide bonds. The predicted octanol–water partition coefficient (Wildman–Crippen LogP) is 2.40. The summed E-state index contributed by atoms with van der Waals surface area (Å²) in [6.45, 7) is 0.594. The third-order valence-electron chi connectivity index (χ3n) is 2.52. The minimum Gasteiger partial charge on any atom is -0.494 e. The SMILES string of the molecule is N[C@@H](CS)CCCCOc1ccc([N+](=O)[O-])cc1. The lowest BCUT2D eigenvalue weighted by Crippen LogP contribution is -2.21. The Morgan fingerprint density at radius 3 is 2.56 bits per heavy atom. The van der Waals surface area contributed by atoms with Crippen molar-refractivity contribution in [3.63, 3.8) is 0 Å². The molecule has 100 valence electrons. The molecular weight excluding hydrogens is 252 g/mol. The molecule has 0 radical (unpaired) electrons. The summed E-state index contributed by atoms with van der Waals surface area (Å²) in [4.78, 5) is 10.0. The van der Waals surface area contributed by atoms with Crippen LogP contribution in [0.15, 0.2) is 24.3 Å². The summed E-state index contributed by atoms with van der Waals surface area (Å²) in [6.07, 6.45) is 2.85. The Labute approximate surface area is 112 Å². The summed E-state index contributed by atoms with van der Waals surface area (Å²) in [7, 11) is 0.